The molecule has 0 fully saturated rings. The van der Waals surface area contributed by atoms with Gasteiger partial charge in [0.05, 0.1) is 5.57 Å². The number of benzene rings is 2. The van der Waals surface area contributed by atoms with Crippen LogP contribution in [-0.4, -0.2) is 31.1 Å². The number of nitriles is 1. The Kier molecular flexibility index (Phi) is 7.92. The smallest absolute Gasteiger partial charge is 0.119 e. The molecule has 3 heteroatoms. The second kappa shape index (κ2) is 10.4. The second-order valence-corrected chi connectivity index (χ2v) is 6.08. The van der Waals surface area contributed by atoms with Gasteiger partial charge in [-0.3, -0.25) is 0 Å². The summed E-state index contributed by atoms with van der Waals surface area (Å²) in [6.45, 7) is 10.1. The van der Waals surface area contributed by atoms with E-state index in [4.69, 9.17) is 4.74 Å². The molecule has 26 heavy (non-hydrogen) atoms. The number of likely N-dealkylation sites (N-methyl/N-ethyl adjacent to an activating group) is 1. The van der Waals surface area contributed by atoms with Gasteiger partial charge in [0.25, 0.3) is 0 Å². The fourth-order valence-corrected chi connectivity index (χ4v) is 3.02. The Morgan fingerprint density at radius 2 is 1.58 bits per heavy atom. The van der Waals surface area contributed by atoms with Crippen molar-refractivity contribution in [3.8, 4) is 11.8 Å². The molecule has 0 saturated heterocycles. The van der Waals surface area contributed by atoms with E-state index < -0.39 is 0 Å². The molecule has 2 aromatic carbocycles. The Labute approximate surface area is 157 Å². The fraction of sp³-hybridized carbons (Fsp3) is 0.348. The van der Waals surface area contributed by atoms with Gasteiger partial charge in [-0.2, -0.15) is 5.26 Å². The summed E-state index contributed by atoms with van der Waals surface area (Å²) in [5.41, 5.74) is 3.84. The summed E-state index contributed by atoms with van der Waals surface area (Å²) in [6, 6.07) is 20.3. The molecule has 0 radical (unpaired) electrons. The van der Waals surface area contributed by atoms with Gasteiger partial charge in [0.1, 0.15) is 18.4 Å². The molecule has 0 heterocycles. The molecule has 0 aliphatic heterocycles. The summed E-state index contributed by atoms with van der Waals surface area (Å²) in [5, 5.41) is 9.67. The highest BCUT2D eigenvalue weighted by Gasteiger charge is 2.10. The Bertz CT molecular complexity index is 738. The van der Waals surface area contributed by atoms with Gasteiger partial charge in [0.2, 0.25) is 0 Å². The van der Waals surface area contributed by atoms with Crippen molar-refractivity contribution in [1.82, 2.24) is 4.90 Å². The van der Waals surface area contributed by atoms with Crippen LogP contribution in [0.2, 0.25) is 0 Å². The van der Waals surface area contributed by atoms with Crippen molar-refractivity contribution in [3.05, 3.63) is 65.7 Å². The average Bonchev–Trinajstić information content (AvgIpc) is 2.70. The van der Waals surface area contributed by atoms with Gasteiger partial charge in [-0.25, -0.2) is 0 Å². The third kappa shape index (κ3) is 5.21. The van der Waals surface area contributed by atoms with Gasteiger partial charge in [0, 0.05) is 6.54 Å². The van der Waals surface area contributed by atoms with Crippen molar-refractivity contribution in [2.24, 2.45) is 0 Å². The highest BCUT2D eigenvalue weighted by Crippen LogP contribution is 2.29. The van der Waals surface area contributed by atoms with Crippen LogP contribution in [0.4, 0.5) is 0 Å². The van der Waals surface area contributed by atoms with Crippen LogP contribution in [0.15, 0.2) is 54.6 Å². The van der Waals surface area contributed by atoms with Crippen molar-refractivity contribution in [3.63, 3.8) is 0 Å². The predicted molar refractivity (Wildman–Crippen MR) is 109 cm³/mol. The topological polar surface area (TPSA) is 36.3 Å². The molecule has 0 saturated carbocycles. The van der Waals surface area contributed by atoms with Gasteiger partial charge < -0.3 is 9.64 Å². The second-order valence-electron chi connectivity index (χ2n) is 6.08. The SMILES string of the molecule is CC/C(=C(\C#N)c1ccccc1)c1ccc(OCCN(CC)CC)cc1. The number of allylic oxidation sites excluding steroid dienone is 2. The van der Waals surface area contributed by atoms with E-state index in [0.29, 0.717) is 6.61 Å². The molecule has 0 atom stereocenters. The Morgan fingerprint density at radius 3 is 2.12 bits per heavy atom. The molecule has 0 spiro atoms. The van der Waals surface area contributed by atoms with Crippen molar-refractivity contribution >= 4 is 11.1 Å². The van der Waals surface area contributed by atoms with Crippen LogP contribution in [0, 0.1) is 11.3 Å². The lowest BCUT2D eigenvalue weighted by Crippen LogP contribution is -2.27. The lowest BCUT2D eigenvalue weighted by Gasteiger charge is -2.18. The molecule has 0 aliphatic carbocycles. The van der Waals surface area contributed by atoms with E-state index >= 15 is 0 Å². The molecular formula is C23H28N2O. The maximum absolute atomic E-state index is 9.67. The largest absolute Gasteiger partial charge is 0.492 e. The molecule has 0 aliphatic rings. The molecule has 0 amide bonds. The molecular weight excluding hydrogens is 320 g/mol. The number of rotatable bonds is 9. The first kappa shape index (κ1) is 19.8. The van der Waals surface area contributed by atoms with E-state index in [1.807, 2.05) is 54.6 Å². The first-order chi connectivity index (χ1) is 12.7. The Hall–Kier alpha value is -2.57. The molecule has 0 unspecified atom stereocenters. The quantitative estimate of drug-likeness (QED) is 0.458. The molecule has 2 rings (SSSR count). The highest BCUT2D eigenvalue weighted by molar-refractivity contribution is 5.97. The molecule has 136 valence electrons. The van der Waals surface area contributed by atoms with E-state index in [1.165, 1.54) is 0 Å². The summed E-state index contributed by atoms with van der Waals surface area (Å²) in [7, 11) is 0. The van der Waals surface area contributed by atoms with E-state index in [2.05, 4.69) is 31.7 Å². The fourth-order valence-electron chi connectivity index (χ4n) is 3.02. The summed E-state index contributed by atoms with van der Waals surface area (Å²) in [4.78, 5) is 2.34. The minimum atomic E-state index is 0.685. The lowest BCUT2D eigenvalue weighted by atomic mass is 9.94. The Morgan fingerprint density at radius 1 is 0.923 bits per heavy atom. The normalized spacial score (nSPS) is 11.8. The zero-order chi connectivity index (χ0) is 18.8. The van der Waals surface area contributed by atoms with Crippen LogP contribution in [0.25, 0.3) is 11.1 Å². The number of nitrogens with zero attached hydrogens (tertiary/aromatic N) is 2. The number of hydrogen-bond donors (Lipinski definition) is 0. The van der Waals surface area contributed by atoms with Gasteiger partial charge >= 0.3 is 0 Å². The third-order valence-corrected chi connectivity index (χ3v) is 4.60. The zero-order valence-corrected chi connectivity index (χ0v) is 16.0. The minimum absolute atomic E-state index is 0.685. The van der Waals surface area contributed by atoms with E-state index in [1.54, 1.807) is 0 Å². The Balaban J connectivity index is 2.15. The van der Waals surface area contributed by atoms with Crippen LogP contribution in [0.1, 0.15) is 38.3 Å². The average molecular weight is 348 g/mol. The summed E-state index contributed by atoms with van der Waals surface area (Å²) in [5.74, 6) is 0.870. The van der Waals surface area contributed by atoms with E-state index in [9.17, 15) is 5.26 Å². The molecule has 0 bridgehead atoms. The van der Waals surface area contributed by atoms with Crippen LogP contribution in [0.5, 0.6) is 5.75 Å². The van der Waals surface area contributed by atoms with Crippen LogP contribution in [0.3, 0.4) is 0 Å². The predicted octanol–water partition coefficient (Wildman–Crippen LogP) is 5.25. The van der Waals surface area contributed by atoms with Crippen molar-refractivity contribution < 1.29 is 4.74 Å². The van der Waals surface area contributed by atoms with Gasteiger partial charge in [-0.15, -0.1) is 0 Å². The third-order valence-electron chi connectivity index (χ3n) is 4.60. The standard InChI is InChI=1S/C23H28N2O/c1-4-22(23(18-24)19-10-8-7-9-11-19)20-12-14-21(15-13-20)26-17-16-25(5-2)6-3/h7-15H,4-6,16-17H2,1-3H3/b23-22-. The first-order valence-electron chi connectivity index (χ1n) is 9.37. The zero-order valence-electron chi connectivity index (χ0n) is 16.0. The monoisotopic (exact) mass is 348 g/mol. The van der Waals surface area contributed by atoms with Crippen molar-refractivity contribution in [1.29, 1.82) is 5.26 Å². The summed E-state index contributed by atoms with van der Waals surface area (Å²) < 4.78 is 5.86. The van der Waals surface area contributed by atoms with Crippen LogP contribution < -0.4 is 4.74 Å². The van der Waals surface area contributed by atoms with Crippen LogP contribution >= 0.6 is 0 Å². The number of ether oxygens (including phenoxy) is 1. The first-order valence-corrected chi connectivity index (χ1v) is 9.37. The summed E-state index contributed by atoms with van der Waals surface area (Å²) >= 11 is 0. The number of hydrogen-bond acceptors (Lipinski definition) is 3. The summed E-state index contributed by atoms with van der Waals surface area (Å²) in [6.07, 6.45) is 0.806. The van der Waals surface area contributed by atoms with Crippen molar-refractivity contribution in [2.45, 2.75) is 27.2 Å². The molecule has 2 aromatic rings. The maximum Gasteiger partial charge on any atom is 0.119 e. The molecule has 0 N–H and O–H groups in total. The van der Waals surface area contributed by atoms with Gasteiger partial charge in [-0.1, -0.05) is 63.2 Å². The van der Waals surface area contributed by atoms with E-state index in [-0.39, 0.29) is 0 Å². The van der Waals surface area contributed by atoms with E-state index in [0.717, 1.165) is 54.1 Å². The molecule has 0 aromatic heterocycles. The van der Waals surface area contributed by atoms with Gasteiger partial charge in [-0.05, 0) is 48.3 Å². The molecule has 3 nitrogen and oxygen atoms in total. The maximum atomic E-state index is 9.67. The van der Waals surface area contributed by atoms with Gasteiger partial charge in [0.15, 0.2) is 0 Å². The van der Waals surface area contributed by atoms with Crippen molar-refractivity contribution in [2.75, 3.05) is 26.2 Å². The highest BCUT2D eigenvalue weighted by atomic mass is 16.5. The minimum Gasteiger partial charge on any atom is -0.492 e. The lowest BCUT2D eigenvalue weighted by molar-refractivity contribution is 0.223. The van der Waals surface area contributed by atoms with Crippen LogP contribution in [-0.2, 0) is 0 Å².